The van der Waals surface area contributed by atoms with E-state index in [1.807, 2.05) is 19.1 Å². The average molecular weight is 260 g/mol. The molecule has 0 aromatic heterocycles. The first-order valence-corrected chi connectivity index (χ1v) is 7.04. The first-order valence-electron chi connectivity index (χ1n) is 7.04. The summed E-state index contributed by atoms with van der Waals surface area (Å²) in [5.74, 6) is 1.24. The molecule has 2 heteroatoms. The van der Waals surface area contributed by atoms with Crippen LogP contribution < -0.4 is 4.74 Å². The minimum Gasteiger partial charge on any atom is -0.508 e. The van der Waals surface area contributed by atoms with Gasteiger partial charge < -0.3 is 9.84 Å². The fraction of sp³-hybridized carbons (Fsp3) is 0.529. The van der Waals surface area contributed by atoms with Crippen molar-refractivity contribution in [1.82, 2.24) is 0 Å². The summed E-state index contributed by atoms with van der Waals surface area (Å²) in [7, 11) is 0. The van der Waals surface area contributed by atoms with Gasteiger partial charge in [0, 0.05) is 5.56 Å². The van der Waals surface area contributed by atoms with Gasteiger partial charge in [-0.05, 0) is 71.1 Å². The standard InChI is InChI=1S/C17H24O2/c1-12(2)6-5-8-17(4)9-7-14-15(18)10-13(3)11-16(14)19-17/h6,10-11,18H,5,7-9H2,1-4H3. The van der Waals surface area contributed by atoms with E-state index in [0.29, 0.717) is 5.75 Å². The second kappa shape index (κ2) is 5.28. The SMILES string of the molecule is CC(C)=CCCC1(C)CCc2c(O)cc(C)cc2O1. The molecule has 1 heterocycles. The molecule has 0 radical (unpaired) electrons. The molecule has 1 aromatic rings. The number of allylic oxidation sites excluding steroid dienone is 2. The Labute approximate surface area is 116 Å². The Morgan fingerprint density at radius 2 is 2.16 bits per heavy atom. The maximum Gasteiger partial charge on any atom is 0.127 e. The normalized spacial score (nSPS) is 21.5. The summed E-state index contributed by atoms with van der Waals surface area (Å²) in [4.78, 5) is 0. The molecule has 0 saturated heterocycles. The monoisotopic (exact) mass is 260 g/mol. The Bertz CT molecular complexity index is 498. The van der Waals surface area contributed by atoms with Crippen molar-refractivity contribution in [3.8, 4) is 11.5 Å². The number of ether oxygens (including phenoxy) is 1. The largest absolute Gasteiger partial charge is 0.508 e. The Kier molecular flexibility index (Phi) is 3.88. The van der Waals surface area contributed by atoms with E-state index in [1.165, 1.54) is 5.57 Å². The van der Waals surface area contributed by atoms with Crippen LogP contribution in [-0.2, 0) is 6.42 Å². The summed E-state index contributed by atoms with van der Waals surface area (Å²) in [6.45, 7) is 8.41. The van der Waals surface area contributed by atoms with Gasteiger partial charge in [0.25, 0.3) is 0 Å². The Hall–Kier alpha value is -1.44. The third kappa shape index (κ3) is 3.31. The van der Waals surface area contributed by atoms with Crippen LogP contribution in [0, 0.1) is 6.92 Å². The van der Waals surface area contributed by atoms with Crippen LogP contribution in [0.3, 0.4) is 0 Å². The van der Waals surface area contributed by atoms with E-state index in [2.05, 4.69) is 26.8 Å². The number of hydrogen-bond acceptors (Lipinski definition) is 2. The summed E-state index contributed by atoms with van der Waals surface area (Å²) in [5.41, 5.74) is 3.25. The predicted molar refractivity (Wildman–Crippen MR) is 78.9 cm³/mol. The van der Waals surface area contributed by atoms with E-state index in [0.717, 1.165) is 42.6 Å². The highest BCUT2D eigenvalue weighted by molar-refractivity contribution is 5.48. The third-order valence-corrected chi connectivity index (χ3v) is 3.82. The summed E-state index contributed by atoms with van der Waals surface area (Å²) in [6, 6.07) is 3.85. The van der Waals surface area contributed by atoms with E-state index in [-0.39, 0.29) is 5.60 Å². The van der Waals surface area contributed by atoms with Crippen LogP contribution in [0.25, 0.3) is 0 Å². The fourth-order valence-corrected chi connectivity index (χ4v) is 2.66. The van der Waals surface area contributed by atoms with Crippen LogP contribution in [0.2, 0.25) is 0 Å². The summed E-state index contributed by atoms with van der Waals surface area (Å²) in [6.07, 6.45) is 6.19. The molecule has 1 aliphatic rings. The molecule has 0 fully saturated rings. The second-order valence-electron chi connectivity index (χ2n) is 6.13. The zero-order valence-corrected chi connectivity index (χ0v) is 12.4. The maximum atomic E-state index is 9.97. The molecule has 0 saturated carbocycles. The van der Waals surface area contributed by atoms with Crippen molar-refractivity contribution in [3.63, 3.8) is 0 Å². The van der Waals surface area contributed by atoms with E-state index < -0.39 is 0 Å². The number of aryl methyl sites for hydroxylation is 1. The van der Waals surface area contributed by atoms with Crippen LogP contribution >= 0.6 is 0 Å². The minimum absolute atomic E-state index is 0.112. The number of benzene rings is 1. The summed E-state index contributed by atoms with van der Waals surface area (Å²) < 4.78 is 6.17. The van der Waals surface area contributed by atoms with Gasteiger partial charge >= 0.3 is 0 Å². The number of phenols is 1. The van der Waals surface area contributed by atoms with E-state index >= 15 is 0 Å². The van der Waals surface area contributed by atoms with Crippen molar-refractivity contribution >= 4 is 0 Å². The van der Waals surface area contributed by atoms with E-state index in [4.69, 9.17) is 4.74 Å². The zero-order chi connectivity index (χ0) is 14.0. The molecular weight excluding hydrogens is 236 g/mol. The van der Waals surface area contributed by atoms with Crippen LogP contribution in [0.4, 0.5) is 0 Å². The summed E-state index contributed by atoms with van der Waals surface area (Å²) >= 11 is 0. The Morgan fingerprint density at radius 3 is 2.84 bits per heavy atom. The first-order chi connectivity index (χ1) is 8.89. The molecule has 2 nitrogen and oxygen atoms in total. The second-order valence-corrected chi connectivity index (χ2v) is 6.13. The van der Waals surface area contributed by atoms with Crippen molar-refractivity contribution < 1.29 is 9.84 Å². The molecular formula is C17H24O2. The number of rotatable bonds is 3. The highest BCUT2D eigenvalue weighted by Gasteiger charge is 2.32. The highest BCUT2D eigenvalue weighted by Crippen LogP contribution is 2.40. The Balaban J connectivity index is 2.14. The maximum absolute atomic E-state index is 9.97. The van der Waals surface area contributed by atoms with Crippen LogP contribution in [0.1, 0.15) is 51.2 Å². The molecule has 2 rings (SSSR count). The molecule has 0 spiro atoms. The summed E-state index contributed by atoms with van der Waals surface area (Å²) in [5, 5.41) is 9.97. The van der Waals surface area contributed by atoms with Crippen molar-refractivity contribution in [1.29, 1.82) is 0 Å². The van der Waals surface area contributed by atoms with Gasteiger partial charge in [0.05, 0.1) is 0 Å². The van der Waals surface area contributed by atoms with Crippen LogP contribution in [-0.4, -0.2) is 10.7 Å². The van der Waals surface area contributed by atoms with E-state index in [9.17, 15) is 5.11 Å². The molecule has 0 amide bonds. The van der Waals surface area contributed by atoms with Gasteiger partial charge in [-0.1, -0.05) is 11.6 Å². The lowest BCUT2D eigenvalue weighted by atomic mass is 9.88. The Morgan fingerprint density at radius 1 is 1.42 bits per heavy atom. The smallest absolute Gasteiger partial charge is 0.127 e. The highest BCUT2D eigenvalue weighted by atomic mass is 16.5. The molecule has 1 aromatic carbocycles. The van der Waals surface area contributed by atoms with Gasteiger partial charge in [-0.25, -0.2) is 0 Å². The van der Waals surface area contributed by atoms with Crippen LogP contribution in [0.5, 0.6) is 11.5 Å². The molecule has 0 aliphatic carbocycles. The quantitative estimate of drug-likeness (QED) is 0.809. The van der Waals surface area contributed by atoms with Gasteiger partial charge in [-0.2, -0.15) is 0 Å². The van der Waals surface area contributed by atoms with Crippen molar-refractivity contribution in [2.75, 3.05) is 0 Å². The molecule has 104 valence electrons. The number of aromatic hydroxyl groups is 1. The lowest BCUT2D eigenvalue weighted by Gasteiger charge is -2.36. The molecule has 1 N–H and O–H groups in total. The minimum atomic E-state index is -0.112. The fourth-order valence-electron chi connectivity index (χ4n) is 2.66. The van der Waals surface area contributed by atoms with Gasteiger partial charge in [-0.15, -0.1) is 0 Å². The van der Waals surface area contributed by atoms with Crippen molar-refractivity contribution in [2.24, 2.45) is 0 Å². The molecule has 1 atom stereocenters. The van der Waals surface area contributed by atoms with E-state index in [1.54, 1.807) is 0 Å². The van der Waals surface area contributed by atoms with Crippen LogP contribution in [0.15, 0.2) is 23.8 Å². The molecule has 1 aliphatic heterocycles. The lowest BCUT2D eigenvalue weighted by Crippen LogP contribution is -2.36. The predicted octanol–water partition coefficient (Wildman–Crippen LogP) is 4.53. The van der Waals surface area contributed by atoms with Crippen molar-refractivity contribution in [3.05, 3.63) is 34.9 Å². The lowest BCUT2D eigenvalue weighted by molar-refractivity contribution is 0.0563. The van der Waals surface area contributed by atoms with Gasteiger partial charge in [0.2, 0.25) is 0 Å². The van der Waals surface area contributed by atoms with Gasteiger partial charge in [0.1, 0.15) is 17.1 Å². The van der Waals surface area contributed by atoms with Gasteiger partial charge in [-0.3, -0.25) is 0 Å². The average Bonchev–Trinajstić information content (AvgIpc) is 2.26. The topological polar surface area (TPSA) is 29.5 Å². The van der Waals surface area contributed by atoms with Crippen molar-refractivity contribution in [2.45, 2.75) is 59.0 Å². The first kappa shape index (κ1) is 14.0. The molecule has 1 unspecified atom stereocenters. The number of phenolic OH excluding ortho intramolecular Hbond substituents is 1. The number of hydrogen-bond donors (Lipinski definition) is 1. The molecule has 19 heavy (non-hydrogen) atoms. The third-order valence-electron chi connectivity index (χ3n) is 3.82. The van der Waals surface area contributed by atoms with Gasteiger partial charge in [0.15, 0.2) is 0 Å². The number of fused-ring (bicyclic) bond motifs is 1. The zero-order valence-electron chi connectivity index (χ0n) is 12.4. The molecule has 0 bridgehead atoms.